The number of urea groups is 1. The lowest BCUT2D eigenvalue weighted by atomic mass is 10.2. The lowest BCUT2D eigenvalue weighted by molar-refractivity contribution is 0.236. The van der Waals surface area contributed by atoms with E-state index >= 15 is 0 Å². The second kappa shape index (κ2) is 7.74. The van der Waals surface area contributed by atoms with E-state index < -0.39 is 0 Å². The van der Waals surface area contributed by atoms with Crippen LogP contribution in [0.5, 0.6) is 0 Å². The molecule has 0 radical (unpaired) electrons. The highest BCUT2D eigenvalue weighted by molar-refractivity contribution is 7.99. The first kappa shape index (κ1) is 15.4. The number of pyridine rings is 1. The van der Waals surface area contributed by atoms with Crippen molar-refractivity contribution in [2.24, 2.45) is 0 Å². The molecule has 1 aliphatic carbocycles. The van der Waals surface area contributed by atoms with Crippen molar-refractivity contribution in [1.29, 1.82) is 0 Å². The number of nitrogens with zero attached hydrogens (tertiary/aromatic N) is 1. The fourth-order valence-corrected chi connectivity index (χ4v) is 3.64. The van der Waals surface area contributed by atoms with Crippen molar-refractivity contribution in [1.82, 2.24) is 15.6 Å². The molecule has 2 rings (SSSR count). The molecule has 1 fully saturated rings. The molecule has 0 bridgehead atoms. The van der Waals surface area contributed by atoms with E-state index in [0.717, 1.165) is 24.2 Å². The normalized spacial score (nSPS) is 21.7. The van der Waals surface area contributed by atoms with Crippen molar-refractivity contribution in [2.75, 3.05) is 5.75 Å². The molecule has 1 aromatic rings. The predicted octanol–water partition coefficient (Wildman–Crippen LogP) is 3.21. The molecule has 0 unspecified atom stereocenters. The number of amides is 2. The van der Waals surface area contributed by atoms with Crippen LogP contribution < -0.4 is 10.6 Å². The molecule has 1 heterocycles. The first-order chi connectivity index (χ1) is 9.67. The molecule has 2 N–H and O–H groups in total. The third kappa shape index (κ3) is 4.87. The highest BCUT2D eigenvalue weighted by Crippen LogP contribution is 2.29. The van der Waals surface area contributed by atoms with Gasteiger partial charge in [0.05, 0.1) is 0 Å². The van der Waals surface area contributed by atoms with E-state index in [9.17, 15) is 4.79 Å². The average molecular weight is 314 g/mol. The number of nitrogens with one attached hydrogen (secondary N) is 2. The van der Waals surface area contributed by atoms with Crippen LogP contribution in [-0.2, 0) is 6.54 Å². The lowest BCUT2D eigenvalue weighted by Gasteiger charge is -2.14. The quantitative estimate of drug-likeness (QED) is 0.821. The number of carbonyl (C=O) groups excluding carboxylic acids is 1. The maximum absolute atomic E-state index is 11.8. The molecule has 0 saturated heterocycles. The zero-order valence-electron chi connectivity index (χ0n) is 11.6. The molecule has 2 atom stereocenters. The molecule has 20 heavy (non-hydrogen) atoms. The van der Waals surface area contributed by atoms with Crippen molar-refractivity contribution in [3.63, 3.8) is 0 Å². The van der Waals surface area contributed by atoms with Crippen LogP contribution in [0.1, 0.15) is 31.7 Å². The summed E-state index contributed by atoms with van der Waals surface area (Å²) in [6, 6.07) is 3.79. The molecule has 1 aromatic heterocycles. The van der Waals surface area contributed by atoms with Crippen molar-refractivity contribution < 1.29 is 4.79 Å². The standard InChI is InChI=1S/C14H20ClN3OS/c1-2-20-12-5-4-11(7-12)18-14(19)17-9-10-3-6-13(15)16-8-10/h3,6,8,11-12H,2,4-5,7,9H2,1H3,(H2,17,18,19)/t11-,12+/m1/s1. The van der Waals surface area contributed by atoms with Crippen molar-refractivity contribution in [3.05, 3.63) is 29.0 Å². The summed E-state index contributed by atoms with van der Waals surface area (Å²) in [6.45, 7) is 2.65. The number of thioether (sulfide) groups is 1. The van der Waals surface area contributed by atoms with Gasteiger partial charge in [-0.3, -0.25) is 0 Å². The van der Waals surface area contributed by atoms with Crippen LogP contribution in [0.25, 0.3) is 0 Å². The fourth-order valence-electron chi connectivity index (χ4n) is 2.39. The molecule has 4 nitrogen and oxygen atoms in total. The number of rotatable bonds is 5. The lowest BCUT2D eigenvalue weighted by Crippen LogP contribution is -2.40. The number of halogens is 1. The van der Waals surface area contributed by atoms with Crippen LogP contribution >= 0.6 is 23.4 Å². The molecule has 1 aliphatic rings. The van der Waals surface area contributed by atoms with Gasteiger partial charge in [-0.25, -0.2) is 9.78 Å². The molecule has 1 saturated carbocycles. The molecule has 0 aromatic carbocycles. The first-order valence-corrected chi connectivity index (χ1v) is 8.36. The van der Waals surface area contributed by atoms with Gasteiger partial charge in [0.2, 0.25) is 0 Å². The summed E-state index contributed by atoms with van der Waals surface area (Å²) in [6.07, 6.45) is 5.03. The Labute approximate surface area is 129 Å². The topological polar surface area (TPSA) is 54.0 Å². The van der Waals surface area contributed by atoms with Gasteiger partial charge in [-0.1, -0.05) is 24.6 Å². The van der Waals surface area contributed by atoms with Gasteiger partial charge >= 0.3 is 6.03 Å². The summed E-state index contributed by atoms with van der Waals surface area (Å²) >= 11 is 7.70. The fraction of sp³-hybridized carbons (Fsp3) is 0.571. The smallest absolute Gasteiger partial charge is 0.315 e. The molecule has 6 heteroatoms. The highest BCUT2D eigenvalue weighted by Gasteiger charge is 2.25. The molecule has 0 spiro atoms. The summed E-state index contributed by atoms with van der Waals surface area (Å²) in [5.74, 6) is 1.15. The Bertz CT molecular complexity index is 441. The number of hydrogen-bond donors (Lipinski definition) is 2. The van der Waals surface area contributed by atoms with Gasteiger partial charge in [-0.15, -0.1) is 0 Å². The van der Waals surface area contributed by atoms with Crippen LogP contribution in [0.4, 0.5) is 4.79 Å². The summed E-state index contributed by atoms with van der Waals surface area (Å²) in [5, 5.41) is 7.05. The van der Waals surface area contributed by atoms with Crippen LogP contribution in [-0.4, -0.2) is 28.1 Å². The number of carbonyl (C=O) groups is 1. The number of aromatic nitrogens is 1. The van der Waals surface area contributed by atoms with E-state index in [-0.39, 0.29) is 6.03 Å². The van der Waals surface area contributed by atoms with Gasteiger partial charge in [0.25, 0.3) is 0 Å². The van der Waals surface area contributed by atoms with Gasteiger partial charge in [0.1, 0.15) is 5.15 Å². The zero-order chi connectivity index (χ0) is 14.4. The van der Waals surface area contributed by atoms with E-state index in [1.54, 1.807) is 12.3 Å². The Morgan fingerprint density at radius 3 is 3.05 bits per heavy atom. The van der Waals surface area contributed by atoms with Gasteiger partial charge in [0, 0.05) is 24.0 Å². The van der Waals surface area contributed by atoms with Gasteiger partial charge in [-0.2, -0.15) is 11.8 Å². The van der Waals surface area contributed by atoms with Gasteiger partial charge in [0.15, 0.2) is 0 Å². The minimum absolute atomic E-state index is 0.105. The first-order valence-electron chi connectivity index (χ1n) is 6.93. The Balaban J connectivity index is 1.69. The molecular weight excluding hydrogens is 294 g/mol. The summed E-state index contributed by atoms with van der Waals surface area (Å²) in [5.41, 5.74) is 0.940. The van der Waals surface area contributed by atoms with Crippen LogP contribution in [0.2, 0.25) is 5.15 Å². The van der Waals surface area contributed by atoms with Gasteiger partial charge < -0.3 is 10.6 Å². The Morgan fingerprint density at radius 2 is 2.35 bits per heavy atom. The second-order valence-electron chi connectivity index (χ2n) is 4.90. The van der Waals surface area contributed by atoms with E-state index in [2.05, 4.69) is 22.5 Å². The summed E-state index contributed by atoms with van der Waals surface area (Å²) in [7, 11) is 0. The minimum Gasteiger partial charge on any atom is -0.335 e. The zero-order valence-corrected chi connectivity index (χ0v) is 13.1. The van der Waals surface area contributed by atoms with E-state index in [1.807, 2.05) is 17.8 Å². The minimum atomic E-state index is -0.105. The van der Waals surface area contributed by atoms with Crippen LogP contribution in [0.3, 0.4) is 0 Å². The Kier molecular flexibility index (Phi) is 5.98. The predicted molar refractivity (Wildman–Crippen MR) is 84.2 cm³/mol. The SMILES string of the molecule is CCS[C@H]1CC[C@@H](NC(=O)NCc2ccc(Cl)nc2)C1. The number of hydrogen-bond acceptors (Lipinski definition) is 3. The van der Waals surface area contributed by atoms with Crippen molar-refractivity contribution in [3.8, 4) is 0 Å². The van der Waals surface area contributed by atoms with Gasteiger partial charge in [-0.05, 0) is 36.6 Å². The molecule has 0 aliphatic heterocycles. The second-order valence-corrected chi connectivity index (χ2v) is 6.87. The van der Waals surface area contributed by atoms with Crippen LogP contribution in [0, 0.1) is 0 Å². The highest BCUT2D eigenvalue weighted by atomic mass is 35.5. The van der Waals surface area contributed by atoms with Crippen molar-refractivity contribution >= 4 is 29.4 Å². The monoisotopic (exact) mass is 313 g/mol. The largest absolute Gasteiger partial charge is 0.335 e. The molecular formula is C14H20ClN3OS. The van der Waals surface area contributed by atoms with Crippen LogP contribution in [0.15, 0.2) is 18.3 Å². The Hall–Kier alpha value is -0.940. The molecule has 110 valence electrons. The van der Waals surface area contributed by atoms with E-state index in [4.69, 9.17) is 11.6 Å². The third-order valence-electron chi connectivity index (χ3n) is 3.36. The Morgan fingerprint density at radius 1 is 1.50 bits per heavy atom. The maximum Gasteiger partial charge on any atom is 0.315 e. The maximum atomic E-state index is 11.8. The average Bonchev–Trinajstić information content (AvgIpc) is 2.86. The third-order valence-corrected chi connectivity index (χ3v) is 4.82. The van der Waals surface area contributed by atoms with Crippen molar-refractivity contribution in [2.45, 2.75) is 44.0 Å². The van der Waals surface area contributed by atoms with E-state index in [1.165, 1.54) is 6.42 Å². The summed E-state index contributed by atoms with van der Waals surface area (Å²) in [4.78, 5) is 15.8. The van der Waals surface area contributed by atoms with E-state index in [0.29, 0.717) is 23.0 Å². The molecule has 2 amide bonds. The summed E-state index contributed by atoms with van der Waals surface area (Å²) < 4.78 is 0.